The van der Waals surface area contributed by atoms with Crippen LogP contribution in [0.4, 0.5) is 5.69 Å². The lowest BCUT2D eigenvalue weighted by Gasteiger charge is -2.09. The Bertz CT molecular complexity index is 457. The molecule has 5 nitrogen and oxygen atoms in total. The first kappa shape index (κ1) is 15.8. The minimum Gasteiger partial charge on any atom is -0.494 e. The van der Waals surface area contributed by atoms with Crippen LogP contribution in [0.5, 0.6) is 5.75 Å². The normalized spacial score (nSPS) is 11.3. The second kappa shape index (κ2) is 8.01. The van der Waals surface area contributed by atoms with Gasteiger partial charge in [-0.05, 0) is 50.7 Å². The van der Waals surface area contributed by atoms with Crippen molar-refractivity contribution in [3.8, 4) is 5.75 Å². The number of ether oxygens (including phenoxy) is 1. The van der Waals surface area contributed by atoms with E-state index in [4.69, 9.17) is 4.74 Å². The van der Waals surface area contributed by atoms with Gasteiger partial charge in [-0.3, -0.25) is 4.72 Å². The summed E-state index contributed by atoms with van der Waals surface area (Å²) in [6, 6.07) is 6.95. The average molecular weight is 286 g/mol. The predicted molar refractivity (Wildman–Crippen MR) is 78.2 cm³/mol. The Morgan fingerprint density at radius 2 is 1.89 bits per heavy atom. The van der Waals surface area contributed by atoms with E-state index in [1.807, 2.05) is 6.92 Å². The van der Waals surface area contributed by atoms with Crippen molar-refractivity contribution in [2.75, 3.05) is 30.7 Å². The highest BCUT2D eigenvalue weighted by molar-refractivity contribution is 7.92. The highest BCUT2D eigenvalue weighted by Gasteiger charge is 2.09. The first-order valence-electron chi connectivity index (χ1n) is 6.45. The van der Waals surface area contributed by atoms with E-state index in [2.05, 4.69) is 10.0 Å². The molecule has 19 heavy (non-hydrogen) atoms. The van der Waals surface area contributed by atoms with E-state index in [9.17, 15) is 8.42 Å². The second-order valence-corrected chi connectivity index (χ2v) is 6.09. The monoisotopic (exact) mass is 286 g/mol. The zero-order chi connectivity index (χ0) is 14.1. The van der Waals surface area contributed by atoms with E-state index < -0.39 is 10.0 Å². The lowest BCUT2D eigenvalue weighted by Crippen LogP contribution is -2.20. The number of anilines is 1. The zero-order valence-electron chi connectivity index (χ0n) is 11.5. The molecule has 0 aliphatic carbocycles. The van der Waals surface area contributed by atoms with Crippen LogP contribution in [-0.2, 0) is 10.0 Å². The molecule has 0 saturated heterocycles. The van der Waals surface area contributed by atoms with Crippen molar-refractivity contribution in [1.82, 2.24) is 5.32 Å². The lowest BCUT2D eigenvalue weighted by atomic mass is 10.3. The van der Waals surface area contributed by atoms with Crippen LogP contribution in [0.2, 0.25) is 0 Å². The van der Waals surface area contributed by atoms with Gasteiger partial charge in [0.15, 0.2) is 0 Å². The van der Waals surface area contributed by atoms with Gasteiger partial charge >= 0.3 is 0 Å². The predicted octanol–water partition coefficient (Wildman–Crippen LogP) is 1.83. The van der Waals surface area contributed by atoms with Crippen LogP contribution in [0.3, 0.4) is 0 Å². The van der Waals surface area contributed by atoms with Gasteiger partial charge in [0.25, 0.3) is 0 Å². The Kier molecular flexibility index (Phi) is 6.66. The van der Waals surface area contributed by atoms with E-state index in [1.54, 1.807) is 31.3 Å². The van der Waals surface area contributed by atoms with Gasteiger partial charge < -0.3 is 10.1 Å². The van der Waals surface area contributed by atoms with E-state index in [1.165, 1.54) is 0 Å². The number of rotatable bonds is 9. The largest absolute Gasteiger partial charge is 0.494 e. The maximum atomic E-state index is 11.8. The zero-order valence-corrected chi connectivity index (χ0v) is 12.3. The van der Waals surface area contributed by atoms with Crippen molar-refractivity contribution in [3.63, 3.8) is 0 Å². The molecule has 108 valence electrons. The summed E-state index contributed by atoms with van der Waals surface area (Å²) in [4.78, 5) is 0. The number of benzene rings is 1. The summed E-state index contributed by atoms with van der Waals surface area (Å²) in [6.07, 6.45) is 1.53. The van der Waals surface area contributed by atoms with Gasteiger partial charge in [-0.1, -0.05) is 6.92 Å². The van der Waals surface area contributed by atoms with E-state index in [0.717, 1.165) is 12.2 Å². The molecule has 0 amide bonds. The molecule has 0 heterocycles. The molecule has 1 rings (SSSR count). The summed E-state index contributed by atoms with van der Waals surface area (Å²) in [5, 5.41) is 2.92. The average Bonchev–Trinajstić information content (AvgIpc) is 2.38. The molecule has 0 saturated carbocycles. The Labute approximate surface area is 115 Å². The summed E-state index contributed by atoms with van der Waals surface area (Å²) >= 11 is 0. The van der Waals surface area contributed by atoms with Gasteiger partial charge in [-0.15, -0.1) is 0 Å². The third-order valence-electron chi connectivity index (χ3n) is 2.44. The fraction of sp³-hybridized carbons (Fsp3) is 0.538. The maximum absolute atomic E-state index is 11.8. The number of nitrogens with one attached hydrogen (secondary N) is 2. The van der Waals surface area contributed by atoms with Crippen LogP contribution in [-0.4, -0.2) is 34.4 Å². The van der Waals surface area contributed by atoms with Crippen molar-refractivity contribution in [2.24, 2.45) is 0 Å². The third kappa shape index (κ3) is 6.45. The van der Waals surface area contributed by atoms with Crippen LogP contribution in [0, 0.1) is 0 Å². The summed E-state index contributed by atoms with van der Waals surface area (Å²) in [5.74, 6) is 0.863. The van der Waals surface area contributed by atoms with Crippen LogP contribution < -0.4 is 14.8 Å². The quantitative estimate of drug-likeness (QED) is 0.680. The first-order chi connectivity index (χ1) is 9.07. The van der Waals surface area contributed by atoms with Crippen molar-refractivity contribution in [3.05, 3.63) is 24.3 Å². The Morgan fingerprint density at radius 3 is 2.47 bits per heavy atom. The van der Waals surface area contributed by atoms with Gasteiger partial charge in [0, 0.05) is 5.69 Å². The lowest BCUT2D eigenvalue weighted by molar-refractivity contribution is 0.317. The Hall–Kier alpha value is -1.27. The number of sulfonamides is 1. The molecule has 0 atom stereocenters. The van der Waals surface area contributed by atoms with Crippen LogP contribution >= 0.6 is 0 Å². The first-order valence-corrected chi connectivity index (χ1v) is 8.10. The standard InChI is InChI=1S/C13H22N2O3S/c1-3-10-18-13-7-5-12(6-8-13)15-19(16,17)11-4-9-14-2/h5-8,14-15H,3-4,9-11H2,1-2H3. The van der Waals surface area contributed by atoms with E-state index in [0.29, 0.717) is 25.3 Å². The molecule has 0 bridgehead atoms. The molecule has 2 N–H and O–H groups in total. The van der Waals surface area contributed by atoms with Crippen molar-refractivity contribution < 1.29 is 13.2 Å². The molecule has 6 heteroatoms. The molecule has 0 aliphatic rings. The summed E-state index contributed by atoms with van der Waals surface area (Å²) in [6.45, 7) is 3.38. The maximum Gasteiger partial charge on any atom is 0.232 e. The fourth-order valence-corrected chi connectivity index (χ4v) is 2.63. The van der Waals surface area contributed by atoms with E-state index >= 15 is 0 Å². The summed E-state index contributed by atoms with van der Waals surface area (Å²) < 4.78 is 31.5. The smallest absolute Gasteiger partial charge is 0.232 e. The highest BCUT2D eigenvalue weighted by Crippen LogP contribution is 2.17. The molecular formula is C13H22N2O3S. The fourth-order valence-electron chi connectivity index (χ4n) is 1.51. The van der Waals surface area contributed by atoms with Gasteiger partial charge in [-0.25, -0.2) is 8.42 Å². The van der Waals surface area contributed by atoms with Gasteiger partial charge in [0.2, 0.25) is 10.0 Å². The van der Waals surface area contributed by atoms with Crippen LogP contribution in [0.25, 0.3) is 0 Å². The minimum atomic E-state index is -3.27. The SMILES string of the molecule is CCCOc1ccc(NS(=O)(=O)CCCNC)cc1. The molecule has 0 aliphatic heterocycles. The number of hydrogen-bond donors (Lipinski definition) is 2. The molecule has 0 aromatic heterocycles. The Balaban J connectivity index is 2.52. The topological polar surface area (TPSA) is 67.4 Å². The summed E-state index contributed by atoms with van der Waals surface area (Å²) in [5.41, 5.74) is 0.563. The van der Waals surface area contributed by atoms with Crippen molar-refractivity contribution >= 4 is 15.7 Å². The van der Waals surface area contributed by atoms with E-state index in [-0.39, 0.29) is 5.75 Å². The minimum absolute atomic E-state index is 0.113. The van der Waals surface area contributed by atoms with Crippen molar-refractivity contribution in [1.29, 1.82) is 0 Å². The third-order valence-corrected chi connectivity index (χ3v) is 3.81. The Morgan fingerprint density at radius 1 is 1.21 bits per heavy atom. The molecular weight excluding hydrogens is 264 g/mol. The molecule has 0 spiro atoms. The number of hydrogen-bond acceptors (Lipinski definition) is 4. The van der Waals surface area contributed by atoms with Gasteiger partial charge in [-0.2, -0.15) is 0 Å². The van der Waals surface area contributed by atoms with Gasteiger partial charge in [0.05, 0.1) is 12.4 Å². The molecule has 0 unspecified atom stereocenters. The molecule has 0 fully saturated rings. The van der Waals surface area contributed by atoms with Crippen molar-refractivity contribution in [2.45, 2.75) is 19.8 Å². The highest BCUT2D eigenvalue weighted by atomic mass is 32.2. The second-order valence-electron chi connectivity index (χ2n) is 4.25. The van der Waals surface area contributed by atoms with Crippen LogP contribution in [0.15, 0.2) is 24.3 Å². The molecule has 0 radical (unpaired) electrons. The molecule has 1 aromatic carbocycles. The summed E-state index contributed by atoms with van der Waals surface area (Å²) in [7, 11) is -1.47. The van der Waals surface area contributed by atoms with Gasteiger partial charge in [0.1, 0.15) is 5.75 Å². The molecule has 1 aromatic rings. The van der Waals surface area contributed by atoms with Crippen LogP contribution in [0.1, 0.15) is 19.8 Å².